The lowest BCUT2D eigenvalue weighted by Gasteiger charge is -2.10. The van der Waals surface area contributed by atoms with Gasteiger partial charge in [0.2, 0.25) is 5.88 Å². The van der Waals surface area contributed by atoms with E-state index in [0.717, 1.165) is 16.5 Å². The van der Waals surface area contributed by atoms with Gasteiger partial charge in [0, 0.05) is 16.8 Å². The van der Waals surface area contributed by atoms with Crippen LogP contribution in [0.2, 0.25) is 0 Å². The predicted octanol–water partition coefficient (Wildman–Crippen LogP) is 3.32. The van der Waals surface area contributed by atoms with Crippen molar-refractivity contribution in [1.82, 2.24) is 10.2 Å². The van der Waals surface area contributed by atoms with Crippen LogP contribution in [0.1, 0.15) is 5.69 Å². The summed E-state index contributed by atoms with van der Waals surface area (Å²) in [5.41, 5.74) is 7.26. The first-order valence-corrected chi connectivity index (χ1v) is 6.52. The Labute approximate surface area is 122 Å². The van der Waals surface area contributed by atoms with E-state index >= 15 is 0 Å². The SMILES string of the molecule is COc1ccc(Oc2nnc(C)c3ccccc23)cc1N. The van der Waals surface area contributed by atoms with Crippen molar-refractivity contribution in [3.05, 3.63) is 48.2 Å². The maximum Gasteiger partial charge on any atom is 0.246 e. The Bertz CT molecular complexity index is 803. The van der Waals surface area contributed by atoms with Crippen LogP contribution in [-0.4, -0.2) is 17.3 Å². The average Bonchev–Trinajstić information content (AvgIpc) is 2.51. The second kappa shape index (κ2) is 5.28. The van der Waals surface area contributed by atoms with Crippen LogP contribution in [0.5, 0.6) is 17.4 Å². The summed E-state index contributed by atoms with van der Waals surface area (Å²) in [5, 5.41) is 10.2. The molecule has 21 heavy (non-hydrogen) atoms. The number of aryl methyl sites for hydroxylation is 1. The second-order valence-electron chi connectivity index (χ2n) is 4.64. The molecule has 5 nitrogen and oxygen atoms in total. The molecule has 0 fully saturated rings. The molecule has 0 unspecified atom stereocenters. The highest BCUT2D eigenvalue weighted by atomic mass is 16.5. The van der Waals surface area contributed by atoms with Gasteiger partial charge in [-0.3, -0.25) is 0 Å². The van der Waals surface area contributed by atoms with Gasteiger partial charge in [0.05, 0.1) is 18.5 Å². The number of fused-ring (bicyclic) bond motifs is 1. The van der Waals surface area contributed by atoms with E-state index in [2.05, 4.69) is 10.2 Å². The van der Waals surface area contributed by atoms with Crippen molar-refractivity contribution in [2.24, 2.45) is 0 Å². The molecular formula is C16H15N3O2. The Morgan fingerprint density at radius 2 is 1.76 bits per heavy atom. The van der Waals surface area contributed by atoms with E-state index in [0.29, 0.717) is 23.1 Å². The summed E-state index contributed by atoms with van der Waals surface area (Å²) >= 11 is 0. The fourth-order valence-corrected chi connectivity index (χ4v) is 2.18. The lowest BCUT2D eigenvalue weighted by atomic mass is 10.1. The molecule has 3 aromatic rings. The van der Waals surface area contributed by atoms with E-state index in [1.165, 1.54) is 0 Å². The van der Waals surface area contributed by atoms with E-state index in [4.69, 9.17) is 15.2 Å². The van der Waals surface area contributed by atoms with Crippen molar-refractivity contribution in [1.29, 1.82) is 0 Å². The molecule has 0 saturated heterocycles. The number of hydrogen-bond acceptors (Lipinski definition) is 5. The standard InChI is InChI=1S/C16H15N3O2/c1-10-12-5-3-4-6-13(12)16(19-18-10)21-11-7-8-15(20-2)14(17)9-11/h3-9H,17H2,1-2H3. The minimum absolute atomic E-state index is 0.459. The molecule has 0 aliphatic heterocycles. The monoisotopic (exact) mass is 281 g/mol. The minimum Gasteiger partial charge on any atom is -0.495 e. The zero-order chi connectivity index (χ0) is 14.8. The summed E-state index contributed by atoms with van der Waals surface area (Å²) in [5.74, 6) is 1.67. The fraction of sp³-hybridized carbons (Fsp3) is 0.125. The molecule has 0 radical (unpaired) electrons. The molecular weight excluding hydrogens is 266 g/mol. The summed E-state index contributed by atoms with van der Waals surface area (Å²) in [6, 6.07) is 13.1. The summed E-state index contributed by atoms with van der Waals surface area (Å²) in [6.45, 7) is 1.92. The van der Waals surface area contributed by atoms with Gasteiger partial charge in [-0.15, -0.1) is 5.10 Å². The molecule has 0 spiro atoms. The maximum atomic E-state index is 5.88. The third-order valence-corrected chi connectivity index (χ3v) is 3.25. The molecule has 2 N–H and O–H groups in total. The Hall–Kier alpha value is -2.82. The highest BCUT2D eigenvalue weighted by molar-refractivity contribution is 5.88. The number of nitrogen functional groups attached to an aromatic ring is 1. The molecule has 0 bridgehead atoms. The number of hydrogen-bond donors (Lipinski definition) is 1. The molecule has 106 valence electrons. The van der Waals surface area contributed by atoms with E-state index in [1.807, 2.05) is 31.2 Å². The predicted molar refractivity (Wildman–Crippen MR) is 81.8 cm³/mol. The van der Waals surface area contributed by atoms with Gasteiger partial charge < -0.3 is 15.2 Å². The Kier molecular flexibility index (Phi) is 3.31. The molecule has 0 aliphatic carbocycles. The van der Waals surface area contributed by atoms with E-state index in [1.54, 1.807) is 25.3 Å². The van der Waals surface area contributed by atoms with Crippen LogP contribution in [-0.2, 0) is 0 Å². The summed E-state index contributed by atoms with van der Waals surface area (Å²) < 4.78 is 10.9. The van der Waals surface area contributed by atoms with Crippen LogP contribution in [0.15, 0.2) is 42.5 Å². The zero-order valence-corrected chi connectivity index (χ0v) is 11.8. The van der Waals surface area contributed by atoms with Crippen LogP contribution >= 0.6 is 0 Å². The van der Waals surface area contributed by atoms with Crippen LogP contribution in [0.3, 0.4) is 0 Å². The van der Waals surface area contributed by atoms with Gasteiger partial charge in [0.25, 0.3) is 0 Å². The fourth-order valence-electron chi connectivity index (χ4n) is 2.18. The lowest BCUT2D eigenvalue weighted by molar-refractivity contribution is 0.414. The second-order valence-corrected chi connectivity index (χ2v) is 4.64. The van der Waals surface area contributed by atoms with Crippen molar-refractivity contribution in [3.63, 3.8) is 0 Å². The number of nitrogens with zero attached hydrogens (tertiary/aromatic N) is 2. The third kappa shape index (κ3) is 2.45. The molecule has 5 heteroatoms. The molecule has 0 amide bonds. The average molecular weight is 281 g/mol. The van der Waals surface area contributed by atoms with Gasteiger partial charge >= 0.3 is 0 Å². The summed E-state index contributed by atoms with van der Waals surface area (Å²) in [6.07, 6.45) is 0. The number of methoxy groups -OCH3 is 1. The van der Waals surface area contributed by atoms with Crippen LogP contribution < -0.4 is 15.2 Å². The van der Waals surface area contributed by atoms with Crippen molar-refractivity contribution in [3.8, 4) is 17.4 Å². The highest BCUT2D eigenvalue weighted by Gasteiger charge is 2.09. The van der Waals surface area contributed by atoms with E-state index in [-0.39, 0.29) is 0 Å². The molecule has 1 aromatic heterocycles. The summed E-state index contributed by atoms with van der Waals surface area (Å²) in [7, 11) is 1.57. The topological polar surface area (TPSA) is 70.3 Å². The molecule has 0 aliphatic rings. The molecule has 1 heterocycles. The molecule has 2 aromatic carbocycles. The van der Waals surface area contributed by atoms with Crippen LogP contribution in [0, 0.1) is 6.92 Å². The van der Waals surface area contributed by atoms with Gasteiger partial charge in [-0.25, -0.2) is 0 Å². The van der Waals surface area contributed by atoms with Crippen LogP contribution in [0.4, 0.5) is 5.69 Å². The van der Waals surface area contributed by atoms with Gasteiger partial charge in [0.15, 0.2) is 0 Å². The number of aromatic nitrogens is 2. The molecule has 3 rings (SSSR count). The van der Waals surface area contributed by atoms with Crippen molar-refractivity contribution in [2.45, 2.75) is 6.92 Å². The van der Waals surface area contributed by atoms with Gasteiger partial charge in [-0.1, -0.05) is 18.2 Å². The highest BCUT2D eigenvalue weighted by Crippen LogP contribution is 2.31. The Morgan fingerprint density at radius 1 is 1.00 bits per heavy atom. The first-order valence-electron chi connectivity index (χ1n) is 6.52. The number of rotatable bonds is 3. The quantitative estimate of drug-likeness (QED) is 0.746. The Balaban J connectivity index is 2.02. The van der Waals surface area contributed by atoms with Crippen molar-refractivity contribution < 1.29 is 9.47 Å². The largest absolute Gasteiger partial charge is 0.495 e. The number of benzene rings is 2. The molecule has 0 atom stereocenters. The smallest absolute Gasteiger partial charge is 0.246 e. The number of ether oxygens (including phenoxy) is 2. The van der Waals surface area contributed by atoms with Crippen LogP contribution in [0.25, 0.3) is 10.8 Å². The third-order valence-electron chi connectivity index (χ3n) is 3.25. The first-order chi connectivity index (χ1) is 10.2. The van der Waals surface area contributed by atoms with Crippen molar-refractivity contribution >= 4 is 16.5 Å². The lowest BCUT2D eigenvalue weighted by Crippen LogP contribution is -1.97. The van der Waals surface area contributed by atoms with Gasteiger partial charge in [-0.2, -0.15) is 5.10 Å². The minimum atomic E-state index is 0.459. The summed E-state index contributed by atoms with van der Waals surface area (Å²) in [4.78, 5) is 0. The number of nitrogens with two attached hydrogens (primary N) is 1. The Morgan fingerprint density at radius 3 is 2.48 bits per heavy atom. The zero-order valence-electron chi connectivity index (χ0n) is 11.8. The maximum absolute atomic E-state index is 5.88. The number of anilines is 1. The van der Waals surface area contributed by atoms with E-state index < -0.39 is 0 Å². The normalized spacial score (nSPS) is 10.6. The first kappa shape index (κ1) is 13.2. The van der Waals surface area contributed by atoms with Crippen molar-refractivity contribution in [2.75, 3.05) is 12.8 Å². The van der Waals surface area contributed by atoms with Gasteiger partial charge in [-0.05, 0) is 25.1 Å². The molecule has 0 saturated carbocycles. The van der Waals surface area contributed by atoms with E-state index in [9.17, 15) is 0 Å². The van der Waals surface area contributed by atoms with Gasteiger partial charge in [0.1, 0.15) is 11.5 Å².